The van der Waals surface area contributed by atoms with E-state index in [0.717, 1.165) is 49.8 Å². The zero-order valence-corrected chi connectivity index (χ0v) is 28.9. The highest BCUT2D eigenvalue weighted by molar-refractivity contribution is 6.26. The van der Waals surface area contributed by atoms with Crippen molar-refractivity contribution in [1.82, 2.24) is 0 Å². The van der Waals surface area contributed by atoms with Crippen LogP contribution in [0.5, 0.6) is 0 Å². The molecule has 0 fully saturated rings. The van der Waals surface area contributed by atoms with E-state index in [-0.39, 0.29) is 0 Å². The van der Waals surface area contributed by atoms with Gasteiger partial charge in [0.25, 0.3) is 0 Å². The molecule has 1 aliphatic rings. The Morgan fingerprint density at radius 1 is 0.396 bits per heavy atom. The van der Waals surface area contributed by atoms with Crippen LogP contribution in [-0.4, -0.2) is 0 Å². The van der Waals surface area contributed by atoms with Crippen molar-refractivity contribution in [3.05, 3.63) is 222 Å². The highest BCUT2D eigenvalue weighted by atomic mass is 16.3. The van der Waals surface area contributed by atoms with Crippen molar-refractivity contribution >= 4 is 60.5 Å². The van der Waals surface area contributed by atoms with E-state index in [1.807, 2.05) is 6.07 Å². The van der Waals surface area contributed by atoms with Gasteiger partial charge in [0.05, 0.1) is 11.1 Å². The number of rotatable bonds is 5. The van der Waals surface area contributed by atoms with E-state index in [9.17, 15) is 0 Å². The fourth-order valence-corrected chi connectivity index (χ4v) is 9.11. The number of benzene rings is 9. The summed E-state index contributed by atoms with van der Waals surface area (Å²) in [6, 6.07) is 72.7. The quantitative estimate of drug-likeness (QED) is 0.169. The van der Waals surface area contributed by atoms with Crippen molar-refractivity contribution in [2.75, 3.05) is 4.90 Å². The topological polar surface area (TPSA) is 16.4 Å². The molecule has 10 aromatic rings. The fourth-order valence-electron chi connectivity index (χ4n) is 9.11. The van der Waals surface area contributed by atoms with Gasteiger partial charge in [-0.3, -0.25) is 0 Å². The summed E-state index contributed by atoms with van der Waals surface area (Å²) in [4.78, 5) is 2.40. The number of nitrogens with zero attached hydrogens (tertiary/aromatic N) is 1. The monoisotopic (exact) mass is 675 g/mol. The first-order chi connectivity index (χ1) is 26.3. The van der Waals surface area contributed by atoms with Gasteiger partial charge in [-0.25, -0.2) is 0 Å². The summed E-state index contributed by atoms with van der Waals surface area (Å²) in [5, 5.41) is 6.89. The molecule has 1 heterocycles. The minimum absolute atomic E-state index is 0.451. The van der Waals surface area contributed by atoms with E-state index in [2.05, 4.69) is 199 Å². The maximum Gasteiger partial charge on any atom is 0.143 e. The van der Waals surface area contributed by atoms with Crippen molar-refractivity contribution in [2.24, 2.45) is 0 Å². The second-order valence-corrected chi connectivity index (χ2v) is 14.0. The molecule has 0 N–H and O–H groups in total. The lowest BCUT2D eigenvalue weighted by Crippen LogP contribution is -2.28. The Hall–Kier alpha value is -6.90. The molecule has 0 saturated heterocycles. The lowest BCUT2D eigenvalue weighted by Gasteiger charge is -2.34. The Kier molecular flexibility index (Phi) is 6.50. The second kappa shape index (κ2) is 11.6. The van der Waals surface area contributed by atoms with Gasteiger partial charge in [0.1, 0.15) is 11.2 Å². The minimum atomic E-state index is -0.451. The van der Waals surface area contributed by atoms with Gasteiger partial charge >= 0.3 is 0 Å². The van der Waals surface area contributed by atoms with E-state index in [0.29, 0.717) is 0 Å². The van der Waals surface area contributed by atoms with Gasteiger partial charge in [-0.2, -0.15) is 0 Å². The third-order valence-corrected chi connectivity index (χ3v) is 11.3. The van der Waals surface area contributed by atoms with Crippen molar-refractivity contribution in [2.45, 2.75) is 5.41 Å². The molecule has 0 aliphatic heterocycles. The first-order valence-electron chi connectivity index (χ1n) is 18.3. The van der Waals surface area contributed by atoms with Gasteiger partial charge in [-0.05, 0) is 86.6 Å². The van der Waals surface area contributed by atoms with E-state index in [4.69, 9.17) is 4.42 Å². The highest BCUT2D eigenvalue weighted by Gasteiger charge is 2.45. The molecular weight excluding hydrogens is 643 g/mol. The van der Waals surface area contributed by atoms with Crippen LogP contribution >= 0.6 is 0 Å². The summed E-state index contributed by atoms with van der Waals surface area (Å²) < 4.78 is 6.68. The number of fused-ring (bicyclic) bond motifs is 10. The van der Waals surface area contributed by atoms with Gasteiger partial charge in [-0.1, -0.05) is 158 Å². The lowest BCUT2D eigenvalue weighted by atomic mass is 9.68. The molecular formula is C51H33NO. The number of hydrogen-bond acceptors (Lipinski definition) is 2. The lowest BCUT2D eigenvalue weighted by molar-refractivity contribution is 0.673. The summed E-state index contributed by atoms with van der Waals surface area (Å²) >= 11 is 0. The highest BCUT2D eigenvalue weighted by Crippen LogP contribution is 2.56. The van der Waals surface area contributed by atoms with Gasteiger partial charge in [0.2, 0.25) is 0 Å². The van der Waals surface area contributed by atoms with Gasteiger partial charge in [-0.15, -0.1) is 0 Å². The van der Waals surface area contributed by atoms with E-state index >= 15 is 0 Å². The summed E-state index contributed by atoms with van der Waals surface area (Å²) in [6.45, 7) is 0. The Balaban J connectivity index is 1.17. The molecule has 0 radical (unpaired) electrons. The van der Waals surface area contributed by atoms with E-state index in [1.54, 1.807) is 0 Å². The van der Waals surface area contributed by atoms with Crippen LogP contribution in [0.2, 0.25) is 0 Å². The molecule has 9 aromatic carbocycles. The van der Waals surface area contributed by atoms with Crippen LogP contribution in [0.25, 0.3) is 54.6 Å². The average Bonchev–Trinajstić information content (AvgIpc) is 3.76. The first kappa shape index (κ1) is 29.8. The molecule has 0 saturated carbocycles. The van der Waals surface area contributed by atoms with Crippen LogP contribution in [0.4, 0.5) is 17.1 Å². The van der Waals surface area contributed by atoms with Gasteiger partial charge in [0.15, 0.2) is 0 Å². The largest absolute Gasteiger partial charge is 0.455 e. The maximum atomic E-state index is 6.68. The fraction of sp³-hybridized carbons (Fsp3) is 0.0196. The average molecular weight is 676 g/mol. The van der Waals surface area contributed by atoms with Crippen LogP contribution in [-0.2, 0) is 5.41 Å². The molecule has 0 atom stereocenters. The van der Waals surface area contributed by atoms with Crippen LogP contribution in [0.3, 0.4) is 0 Å². The standard InChI is InChI=1S/C51H33NO/c1-3-16-35(17-4-1)51(45-24-12-9-21-40(45)41-22-10-13-25-46(41)51)36-27-29-38(30-28-36)52(37-18-5-2-6-19-37)47-33-34-15-7-8-20-39(34)49-44(47)32-31-43-42-23-11-14-26-48(42)53-50(43)49/h1-33H. The third kappa shape index (κ3) is 4.27. The molecule has 248 valence electrons. The van der Waals surface area contributed by atoms with Crippen LogP contribution in [0.15, 0.2) is 205 Å². The summed E-state index contributed by atoms with van der Waals surface area (Å²) in [5.74, 6) is 0. The van der Waals surface area contributed by atoms with Crippen molar-refractivity contribution in [3.63, 3.8) is 0 Å². The van der Waals surface area contributed by atoms with Gasteiger partial charge in [0, 0.05) is 32.9 Å². The first-order valence-corrected chi connectivity index (χ1v) is 18.3. The summed E-state index contributed by atoms with van der Waals surface area (Å²) in [7, 11) is 0. The van der Waals surface area contributed by atoms with Gasteiger partial charge < -0.3 is 9.32 Å². The SMILES string of the molecule is c1ccc(N(c2ccc(C3(c4ccccc4)c4ccccc4-c4ccccc43)cc2)c2cc3ccccc3c3c2ccc2c4ccccc4oc23)cc1. The molecule has 0 bridgehead atoms. The van der Waals surface area contributed by atoms with Crippen LogP contribution in [0.1, 0.15) is 22.3 Å². The number of para-hydroxylation sites is 2. The minimum Gasteiger partial charge on any atom is -0.455 e. The summed E-state index contributed by atoms with van der Waals surface area (Å²) in [6.07, 6.45) is 0. The molecule has 53 heavy (non-hydrogen) atoms. The number of anilines is 3. The van der Waals surface area contributed by atoms with Crippen molar-refractivity contribution in [3.8, 4) is 11.1 Å². The molecule has 0 amide bonds. The number of hydrogen-bond donors (Lipinski definition) is 0. The predicted octanol–water partition coefficient (Wildman–Crippen LogP) is 13.7. The molecule has 1 aliphatic carbocycles. The zero-order chi connectivity index (χ0) is 34.9. The summed E-state index contributed by atoms with van der Waals surface area (Å²) in [5.41, 5.74) is 12.4. The van der Waals surface area contributed by atoms with Crippen LogP contribution < -0.4 is 4.90 Å². The number of furan rings is 1. The Labute approximate surface area is 307 Å². The Bertz CT molecular complexity index is 2950. The molecule has 2 nitrogen and oxygen atoms in total. The smallest absolute Gasteiger partial charge is 0.143 e. The van der Waals surface area contributed by atoms with E-state index in [1.165, 1.54) is 44.2 Å². The molecule has 1 aromatic heterocycles. The zero-order valence-electron chi connectivity index (χ0n) is 28.9. The Morgan fingerprint density at radius 3 is 1.68 bits per heavy atom. The molecule has 11 rings (SSSR count). The molecule has 2 heteroatoms. The second-order valence-electron chi connectivity index (χ2n) is 14.0. The molecule has 0 spiro atoms. The Morgan fingerprint density at radius 2 is 0.943 bits per heavy atom. The maximum absolute atomic E-state index is 6.68. The van der Waals surface area contributed by atoms with E-state index < -0.39 is 5.41 Å². The van der Waals surface area contributed by atoms with Crippen LogP contribution in [0, 0.1) is 0 Å². The van der Waals surface area contributed by atoms with Crippen molar-refractivity contribution in [1.29, 1.82) is 0 Å². The third-order valence-electron chi connectivity index (χ3n) is 11.3. The predicted molar refractivity (Wildman–Crippen MR) is 221 cm³/mol. The molecule has 0 unspecified atom stereocenters. The van der Waals surface area contributed by atoms with Crippen molar-refractivity contribution < 1.29 is 4.42 Å². The normalized spacial score (nSPS) is 13.1.